The molecule has 0 spiro atoms. The standard InChI is InChI=1S/C12H16N2O.ClH/c15-12-5-9-14(10-6-12)8-4-11-3-1-2-7-13-11;/h1-3,7H,4-6,8-10H2;1H. The van der Waals surface area contributed by atoms with Gasteiger partial charge in [0.1, 0.15) is 5.78 Å². The lowest BCUT2D eigenvalue weighted by molar-refractivity contribution is -0.121. The van der Waals surface area contributed by atoms with Gasteiger partial charge in [-0.3, -0.25) is 9.78 Å². The first-order valence-electron chi connectivity index (χ1n) is 5.48. The summed E-state index contributed by atoms with van der Waals surface area (Å²) in [5, 5.41) is 0. The summed E-state index contributed by atoms with van der Waals surface area (Å²) in [5.41, 5.74) is 1.13. The normalized spacial score (nSPS) is 16.9. The fourth-order valence-electron chi connectivity index (χ4n) is 1.84. The summed E-state index contributed by atoms with van der Waals surface area (Å²) in [4.78, 5) is 17.7. The van der Waals surface area contributed by atoms with Crippen molar-refractivity contribution < 1.29 is 4.79 Å². The molecule has 16 heavy (non-hydrogen) atoms. The first kappa shape index (κ1) is 13.1. The van der Waals surface area contributed by atoms with Gasteiger partial charge in [0.05, 0.1) is 0 Å². The zero-order valence-electron chi connectivity index (χ0n) is 9.26. The molecule has 0 N–H and O–H groups in total. The number of piperidine rings is 1. The average molecular weight is 241 g/mol. The van der Waals surface area contributed by atoms with E-state index in [1.165, 1.54) is 0 Å². The minimum Gasteiger partial charge on any atom is -0.302 e. The molecule has 0 radical (unpaired) electrons. The van der Waals surface area contributed by atoms with Crippen molar-refractivity contribution in [2.24, 2.45) is 0 Å². The topological polar surface area (TPSA) is 33.2 Å². The zero-order valence-corrected chi connectivity index (χ0v) is 10.1. The van der Waals surface area contributed by atoms with Gasteiger partial charge in [-0.25, -0.2) is 0 Å². The second-order valence-electron chi connectivity index (χ2n) is 3.95. The van der Waals surface area contributed by atoms with Crippen molar-refractivity contribution >= 4 is 18.2 Å². The van der Waals surface area contributed by atoms with E-state index < -0.39 is 0 Å². The van der Waals surface area contributed by atoms with Crippen LogP contribution in [-0.2, 0) is 11.2 Å². The van der Waals surface area contributed by atoms with Crippen LogP contribution in [0.2, 0.25) is 0 Å². The number of nitrogens with zero attached hydrogens (tertiary/aromatic N) is 2. The van der Waals surface area contributed by atoms with E-state index in [0.717, 1.165) is 44.6 Å². The first-order chi connectivity index (χ1) is 7.34. The molecule has 0 unspecified atom stereocenters. The molecule has 1 aromatic heterocycles. The Labute approximate surface area is 102 Å². The lowest BCUT2D eigenvalue weighted by Crippen LogP contribution is -2.35. The maximum atomic E-state index is 11.0. The highest BCUT2D eigenvalue weighted by Gasteiger charge is 2.15. The number of halogens is 1. The molecule has 0 amide bonds. The lowest BCUT2D eigenvalue weighted by atomic mass is 10.1. The smallest absolute Gasteiger partial charge is 0.135 e. The number of ketones is 1. The van der Waals surface area contributed by atoms with Crippen LogP contribution >= 0.6 is 12.4 Å². The third-order valence-corrected chi connectivity index (χ3v) is 2.82. The number of Topliss-reactive ketones (excluding diaryl/α,β-unsaturated/α-hetero) is 1. The fourth-order valence-corrected chi connectivity index (χ4v) is 1.84. The number of pyridine rings is 1. The molecule has 88 valence electrons. The molecule has 0 aliphatic carbocycles. The van der Waals surface area contributed by atoms with Crippen LogP contribution in [0.5, 0.6) is 0 Å². The third-order valence-electron chi connectivity index (χ3n) is 2.82. The van der Waals surface area contributed by atoms with Crippen molar-refractivity contribution in [2.75, 3.05) is 19.6 Å². The summed E-state index contributed by atoms with van der Waals surface area (Å²) in [5.74, 6) is 0.407. The van der Waals surface area contributed by atoms with Crippen molar-refractivity contribution in [3.05, 3.63) is 30.1 Å². The summed E-state index contributed by atoms with van der Waals surface area (Å²) in [6.45, 7) is 2.86. The van der Waals surface area contributed by atoms with E-state index in [4.69, 9.17) is 0 Å². The minimum absolute atomic E-state index is 0. The van der Waals surface area contributed by atoms with Gasteiger partial charge < -0.3 is 4.90 Å². The number of rotatable bonds is 3. The van der Waals surface area contributed by atoms with E-state index >= 15 is 0 Å². The van der Waals surface area contributed by atoms with E-state index in [-0.39, 0.29) is 12.4 Å². The number of carbonyl (C=O) groups is 1. The van der Waals surface area contributed by atoms with Crippen molar-refractivity contribution in [2.45, 2.75) is 19.3 Å². The molecular formula is C12H17ClN2O. The minimum atomic E-state index is 0. The summed E-state index contributed by atoms with van der Waals surface area (Å²) < 4.78 is 0. The van der Waals surface area contributed by atoms with E-state index in [1.54, 1.807) is 0 Å². The van der Waals surface area contributed by atoms with Crippen LogP contribution < -0.4 is 0 Å². The second-order valence-corrected chi connectivity index (χ2v) is 3.95. The van der Waals surface area contributed by atoms with Crippen molar-refractivity contribution in [1.82, 2.24) is 9.88 Å². The molecule has 0 aromatic carbocycles. The largest absolute Gasteiger partial charge is 0.302 e. The highest BCUT2D eigenvalue weighted by Crippen LogP contribution is 2.06. The molecule has 1 aliphatic heterocycles. The third kappa shape index (κ3) is 3.91. The summed E-state index contributed by atoms with van der Waals surface area (Å²) in [6, 6.07) is 6.00. The predicted molar refractivity (Wildman–Crippen MR) is 65.9 cm³/mol. The summed E-state index contributed by atoms with van der Waals surface area (Å²) >= 11 is 0. The highest BCUT2D eigenvalue weighted by atomic mass is 35.5. The number of carbonyl (C=O) groups excluding carboxylic acids is 1. The van der Waals surface area contributed by atoms with E-state index in [2.05, 4.69) is 16.0 Å². The quantitative estimate of drug-likeness (QED) is 0.807. The van der Waals surface area contributed by atoms with Crippen LogP contribution in [0.4, 0.5) is 0 Å². The molecule has 4 heteroatoms. The van der Waals surface area contributed by atoms with Gasteiger partial charge in [0.25, 0.3) is 0 Å². The van der Waals surface area contributed by atoms with E-state index in [0.29, 0.717) is 5.78 Å². The lowest BCUT2D eigenvalue weighted by Gasteiger charge is -2.25. The molecule has 3 nitrogen and oxygen atoms in total. The molecule has 1 fully saturated rings. The molecule has 0 saturated carbocycles. The maximum Gasteiger partial charge on any atom is 0.135 e. The molecule has 1 saturated heterocycles. The van der Waals surface area contributed by atoms with Gasteiger partial charge in [-0.15, -0.1) is 12.4 Å². The molecular weight excluding hydrogens is 224 g/mol. The average Bonchev–Trinajstić information content (AvgIpc) is 2.30. The summed E-state index contributed by atoms with van der Waals surface area (Å²) in [7, 11) is 0. The Morgan fingerprint density at radius 2 is 2.00 bits per heavy atom. The van der Waals surface area contributed by atoms with Crippen LogP contribution in [0.3, 0.4) is 0 Å². The van der Waals surface area contributed by atoms with Gasteiger partial charge in [0.2, 0.25) is 0 Å². The van der Waals surface area contributed by atoms with Crippen molar-refractivity contribution in [3.8, 4) is 0 Å². The zero-order chi connectivity index (χ0) is 10.5. The van der Waals surface area contributed by atoms with Crippen LogP contribution in [0.25, 0.3) is 0 Å². The number of likely N-dealkylation sites (tertiary alicyclic amines) is 1. The predicted octanol–water partition coefficient (Wildman–Crippen LogP) is 1.71. The number of aromatic nitrogens is 1. The van der Waals surface area contributed by atoms with Crippen molar-refractivity contribution in [1.29, 1.82) is 0 Å². The van der Waals surface area contributed by atoms with E-state index in [9.17, 15) is 4.79 Å². The Balaban J connectivity index is 0.00000128. The molecule has 2 rings (SSSR count). The van der Waals surface area contributed by atoms with Gasteiger partial charge in [-0.2, -0.15) is 0 Å². The Bertz CT molecular complexity index is 319. The Kier molecular flexibility index (Phi) is 5.43. The molecule has 1 aliphatic rings. The Morgan fingerprint density at radius 1 is 1.25 bits per heavy atom. The van der Waals surface area contributed by atoms with Gasteiger partial charge in [-0.05, 0) is 12.1 Å². The van der Waals surface area contributed by atoms with Crippen LogP contribution in [0.1, 0.15) is 18.5 Å². The van der Waals surface area contributed by atoms with Crippen LogP contribution in [0.15, 0.2) is 24.4 Å². The fraction of sp³-hybridized carbons (Fsp3) is 0.500. The van der Waals surface area contributed by atoms with Crippen LogP contribution in [-0.4, -0.2) is 35.3 Å². The Hall–Kier alpha value is -0.930. The number of hydrogen-bond acceptors (Lipinski definition) is 3. The number of hydrogen-bond donors (Lipinski definition) is 0. The monoisotopic (exact) mass is 240 g/mol. The molecule has 1 aromatic rings. The second kappa shape index (κ2) is 6.61. The first-order valence-corrected chi connectivity index (χ1v) is 5.48. The van der Waals surface area contributed by atoms with Gasteiger partial charge in [0, 0.05) is 50.8 Å². The molecule has 0 bridgehead atoms. The van der Waals surface area contributed by atoms with Gasteiger partial charge in [0.15, 0.2) is 0 Å². The SMILES string of the molecule is Cl.O=C1CCN(CCc2ccccn2)CC1. The van der Waals surface area contributed by atoms with Crippen molar-refractivity contribution in [3.63, 3.8) is 0 Å². The van der Waals surface area contributed by atoms with Crippen LogP contribution in [0, 0.1) is 0 Å². The van der Waals surface area contributed by atoms with Gasteiger partial charge in [-0.1, -0.05) is 6.07 Å². The molecule has 0 atom stereocenters. The summed E-state index contributed by atoms with van der Waals surface area (Å²) in [6.07, 6.45) is 4.26. The molecule has 2 heterocycles. The Morgan fingerprint density at radius 3 is 2.62 bits per heavy atom. The highest BCUT2D eigenvalue weighted by molar-refractivity contribution is 5.85. The van der Waals surface area contributed by atoms with E-state index in [1.807, 2.05) is 18.3 Å². The van der Waals surface area contributed by atoms with Gasteiger partial charge >= 0.3 is 0 Å². The maximum absolute atomic E-state index is 11.0.